The molecule has 0 aliphatic heterocycles. The lowest BCUT2D eigenvalue weighted by atomic mass is 10.1. The van der Waals surface area contributed by atoms with Gasteiger partial charge in [-0.05, 0) is 31.9 Å². The number of nitrogens with zero attached hydrogens (tertiary/aromatic N) is 1. The number of rotatable bonds is 4. The summed E-state index contributed by atoms with van der Waals surface area (Å²) in [6.07, 6.45) is 1.06. The van der Waals surface area contributed by atoms with Gasteiger partial charge in [-0.15, -0.1) is 0 Å². The number of pyridine rings is 1. The Morgan fingerprint density at radius 3 is 2.64 bits per heavy atom. The van der Waals surface area contributed by atoms with Crippen LogP contribution in [0.5, 0.6) is 5.75 Å². The molecular weight excluding hydrogens is 308 g/mol. The number of ether oxygens (including phenoxy) is 1. The van der Waals surface area contributed by atoms with Gasteiger partial charge in [-0.2, -0.15) is 12.6 Å². The van der Waals surface area contributed by atoms with Crippen molar-refractivity contribution < 1.29 is 18.3 Å². The molecule has 0 aliphatic carbocycles. The molecule has 0 N–H and O–H groups in total. The highest BCUT2D eigenvalue weighted by Crippen LogP contribution is 2.34. The molecule has 22 heavy (non-hydrogen) atoms. The first-order valence-electron chi connectivity index (χ1n) is 7.07. The van der Waals surface area contributed by atoms with E-state index in [1.807, 2.05) is 6.92 Å². The van der Waals surface area contributed by atoms with Crippen LogP contribution in [-0.2, 0) is 11.2 Å². The van der Waals surface area contributed by atoms with E-state index < -0.39 is 22.9 Å². The summed E-state index contributed by atoms with van der Waals surface area (Å²) in [5.74, 6) is -2.64. The summed E-state index contributed by atoms with van der Waals surface area (Å²) in [6.45, 7) is 5.35. The van der Waals surface area contributed by atoms with Crippen LogP contribution in [0.25, 0.3) is 10.9 Å². The molecule has 0 fully saturated rings. The third-order valence-corrected chi connectivity index (χ3v) is 4.10. The van der Waals surface area contributed by atoms with E-state index in [1.165, 1.54) is 6.07 Å². The van der Waals surface area contributed by atoms with E-state index in [0.29, 0.717) is 24.1 Å². The largest absolute Gasteiger partial charge is 0.425 e. The Morgan fingerprint density at radius 1 is 1.36 bits per heavy atom. The maximum Gasteiger partial charge on any atom is 0.324 e. The summed E-state index contributed by atoms with van der Waals surface area (Å²) >= 11 is 4.12. The zero-order valence-electron chi connectivity index (χ0n) is 12.6. The monoisotopic (exact) mass is 325 g/mol. The number of benzene rings is 1. The van der Waals surface area contributed by atoms with Gasteiger partial charge in [0.25, 0.3) is 0 Å². The van der Waals surface area contributed by atoms with Gasteiger partial charge < -0.3 is 4.74 Å². The summed E-state index contributed by atoms with van der Waals surface area (Å²) in [6, 6.07) is 2.39. The average molecular weight is 325 g/mol. The molecule has 1 atom stereocenters. The van der Waals surface area contributed by atoms with Crippen LogP contribution in [-0.4, -0.2) is 16.2 Å². The van der Waals surface area contributed by atoms with E-state index in [9.17, 15) is 13.6 Å². The number of hydrogen-bond donors (Lipinski definition) is 1. The van der Waals surface area contributed by atoms with Crippen LogP contribution >= 0.6 is 12.6 Å². The summed E-state index contributed by atoms with van der Waals surface area (Å²) in [5, 5.41) is -0.732. The van der Waals surface area contributed by atoms with Gasteiger partial charge in [-0.1, -0.05) is 13.8 Å². The Labute approximate surface area is 133 Å². The molecule has 2 rings (SSSR count). The number of esters is 1. The van der Waals surface area contributed by atoms with Crippen molar-refractivity contribution in [2.24, 2.45) is 0 Å². The molecule has 1 unspecified atom stereocenters. The zero-order chi connectivity index (χ0) is 16.4. The maximum absolute atomic E-state index is 14.2. The topological polar surface area (TPSA) is 39.2 Å². The van der Waals surface area contributed by atoms with E-state index >= 15 is 0 Å². The van der Waals surface area contributed by atoms with Gasteiger partial charge in [0.15, 0.2) is 11.6 Å². The van der Waals surface area contributed by atoms with Crippen LogP contribution in [0.15, 0.2) is 12.1 Å². The molecule has 118 valence electrons. The molecule has 1 aromatic carbocycles. The Balaban J connectivity index is 2.70. The minimum Gasteiger partial charge on any atom is -0.425 e. The predicted molar refractivity (Wildman–Crippen MR) is 84.5 cm³/mol. The van der Waals surface area contributed by atoms with Crippen molar-refractivity contribution in [3.63, 3.8) is 0 Å². The smallest absolute Gasteiger partial charge is 0.324 e. The second kappa shape index (κ2) is 6.60. The predicted octanol–water partition coefficient (Wildman–Crippen LogP) is 4.00. The standard InChI is InChI=1S/C16H17F2NO2S/c1-4-10-8(3)15(21-16(20)12(22)5-2)13-11(19-10)7-6-9(17)14(13)18/h6-7,12,22H,4-5H2,1-3H3. The Bertz CT molecular complexity index is 734. The maximum atomic E-state index is 14.2. The molecule has 6 heteroatoms. The summed E-state index contributed by atoms with van der Waals surface area (Å²) < 4.78 is 33.1. The van der Waals surface area contributed by atoms with Crippen molar-refractivity contribution in [3.05, 3.63) is 35.0 Å². The van der Waals surface area contributed by atoms with Crippen molar-refractivity contribution in [3.8, 4) is 5.75 Å². The van der Waals surface area contributed by atoms with Crippen LogP contribution in [0.2, 0.25) is 0 Å². The van der Waals surface area contributed by atoms with Gasteiger partial charge in [-0.25, -0.2) is 8.78 Å². The molecule has 3 nitrogen and oxygen atoms in total. The van der Waals surface area contributed by atoms with Crippen molar-refractivity contribution in [2.45, 2.75) is 38.9 Å². The van der Waals surface area contributed by atoms with Crippen molar-refractivity contribution in [2.75, 3.05) is 0 Å². The number of carbonyl (C=O) groups is 1. The van der Waals surface area contributed by atoms with Crippen LogP contribution in [0, 0.1) is 18.6 Å². The minimum absolute atomic E-state index is 0.0244. The van der Waals surface area contributed by atoms with Gasteiger partial charge in [0.05, 0.1) is 16.2 Å². The second-order valence-corrected chi connectivity index (χ2v) is 5.59. The number of hydrogen-bond acceptors (Lipinski definition) is 4. The van der Waals surface area contributed by atoms with Gasteiger partial charge >= 0.3 is 5.97 Å². The fourth-order valence-electron chi connectivity index (χ4n) is 2.20. The second-order valence-electron chi connectivity index (χ2n) is 4.97. The first-order valence-corrected chi connectivity index (χ1v) is 7.59. The molecule has 2 aromatic rings. The first kappa shape index (κ1) is 16.7. The molecule has 1 aromatic heterocycles. The molecule has 0 bridgehead atoms. The number of thiol groups is 1. The molecule has 0 spiro atoms. The van der Waals surface area contributed by atoms with Gasteiger partial charge in [0.1, 0.15) is 5.75 Å². The number of halogens is 2. The fraction of sp³-hybridized carbons (Fsp3) is 0.375. The third kappa shape index (κ3) is 2.92. The van der Waals surface area contributed by atoms with Crippen molar-refractivity contribution >= 4 is 29.5 Å². The molecule has 0 radical (unpaired) electrons. The third-order valence-electron chi connectivity index (χ3n) is 3.53. The summed E-state index contributed by atoms with van der Waals surface area (Å²) in [4.78, 5) is 16.3. The highest BCUT2D eigenvalue weighted by atomic mass is 32.1. The first-order chi connectivity index (χ1) is 10.4. The van der Waals surface area contributed by atoms with Crippen molar-refractivity contribution in [1.82, 2.24) is 4.98 Å². The van der Waals surface area contributed by atoms with Crippen LogP contribution in [0.1, 0.15) is 31.5 Å². The zero-order valence-corrected chi connectivity index (χ0v) is 13.5. The molecule has 0 amide bonds. The van der Waals surface area contributed by atoms with E-state index in [4.69, 9.17) is 4.74 Å². The van der Waals surface area contributed by atoms with E-state index in [0.717, 1.165) is 6.07 Å². The van der Waals surface area contributed by atoms with Crippen LogP contribution < -0.4 is 4.74 Å². The van der Waals surface area contributed by atoms with E-state index in [-0.39, 0.29) is 16.7 Å². The van der Waals surface area contributed by atoms with Crippen molar-refractivity contribution in [1.29, 1.82) is 0 Å². The Morgan fingerprint density at radius 2 is 2.05 bits per heavy atom. The average Bonchev–Trinajstić information content (AvgIpc) is 2.52. The molecule has 0 saturated heterocycles. The number of aryl methyl sites for hydroxylation is 1. The molecular formula is C16H17F2NO2S. The molecule has 0 aliphatic rings. The Kier molecular flexibility index (Phi) is 5.01. The highest BCUT2D eigenvalue weighted by molar-refractivity contribution is 7.81. The van der Waals surface area contributed by atoms with Gasteiger partial charge in [0, 0.05) is 11.3 Å². The number of fused-ring (bicyclic) bond motifs is 1. The fourth-order valence-corrected chi connectivity index (χ4v) is 2.26. The summed E-state index contributed by atoms with van der Waals surface area (Å²) in [7, 11) is 0. The van der Waals surface area contributed by atoms with Crippen LogP contribution in [0.3, 0.4) is 0 Å². The van der Waals surface area contributed by atoms with E-state index in [1.54, 1.807) is 13.8 Å². The number of carbonyl (C=O) groups excluding carboxylic acids is 1. The highest BCUT2D eigenvalue weighted by Gasteiger charge is 2.22. The van der Waals surface area contributed by atoms with E-state index in [2.05, 4.69) is 17.6 Å². The molecule has 1 heterocycles. The van der Waals surface area contributed by atoms with Crippen LogP contribution in [0.4, 0.5) is 8.78 Å². The lowest BCUT2D eigenvalue weighted by Crippen LogP contribution is -2.21. The lowest BCUT2D eigenvalue weighted by Gasteiger charge is -2.16. The quantitative estimate of drug-likeness (QED) is 0.682. The Hall–Kier alpha value is -1.69. The SMILES string of the molecule is CCc1nc2ccc(F)c(F)c2c(OC(=O)C(S)CC)c1C. The number of aromatic nitrogens is 1. The lowest BCUT2D eigenvalue weighted by molar-refractivity contribution is -0.133. The summed E-state index contributed by atoms with van der Waals surface area (Å²) in [5.41, 5.74) is 1.47. The minimum atomic E-state index is -1.06. The van der Waals surface area contributed by atoms with Gasteiger partial charge in [-0.3, -0.25) is 9.78 Å². The normalized spacial score (nSPS) is 12.5. The molecule has 0 saturated carbocycles. The van der Waals surface area contributed by atoms with Gasteiger partial charge in [0.2, 0.25) is 0 Å².